The molecule has 0 aliphatic carbocycles. The lowest BCUT2D eigenvalue weighted by Crippen LogP contribution is -1.96. The van der Waals surface area contributed by atoms with Gasteiger partial charge >= 0.3 is 0 Å². The number of benzene rings is 1. The summed E-state index contributed by atoms with van der Waals surface area (Å²) in [6, 6.07) is 10.1. The SMILES string of the molecule is C=C(C)/C=C(\C=C/C)Nc1ccccc1.CC. The standard InChI is InChI=1S/C14H17N.C2H6/c1-4-8-14(11-12(2)3)15-13-9-6-5-7-10-13;1-2/h4-11,15H,2H2,1,3H3;1-2H3/b8-4-,14-11+;. The third-order valence-corrected chi connectivity index (χ3v) is 1.81. The zero-order valence-electron chi connectivity index (χ0n) is 11.3. The van der Waals surface area contributed by atoms with Gasteiger partial charge in [0.15, 0.2) is 0 Å². The van der Waals surface area contributed by atoms with Crippen LogP contribution >= 0.6 is 0 Å². The number of nitrogens with one attached hydrogen (secondary N) is 1. The Morgan fingerprint density at radius 3 is 2.24 bits per heavy atom. The zero-order valence-corrected chi connectivity index (χ0v) is 11.3. The molecule has 0 fully saturated rings. The van der Waals surface area contributed by atoms with Gasteiger partial charge in [0.1, 0.15) is 0 Å². The summed E-state index contributed by atoms with van der Waals surface area (Å²) in [7, 11) is 0. The first-order valence-electron chi connectivity index (χ1n) is 6.04. The molecule has 0 aliphatic heterocycles. The second-order valence-electron chi connectivity index (χ2n) is 3.44. The highest BCUT2D eigenvalue weighted by atomic mass is 14.9. The van der Waals surface area contributed by atoms with E-state index in [4.69, 9.17) is 0 Å². The fourth-order valence-corrected chi connectivity index (χ4v) is 1.26. The Hall–Kier alpha value is -1.76. The second kappa shape index (κ2) is 9.46. The maximum Gasteiger partial charge on any atom is 0.0384 e. The van der Waals surface area contributed by atoms with Gasteiger partial charge in [0.05, 0.1) is 0 Å². The zero-order chi connectivity index (χ0) is 13.1. The van der Waals surface area contributed by atoms with E-state index in [1.807, 2.05) is 76.3 Å². The number of para-hydroxylation sites is 1. The van der Waals surface area contributed by atoms with Gasteiger partial charge < -0.3 is 5.32 Å². The minimum Gasteiger partial charge on any atom is -0.356 e. The van der Waals surface area contributed by atoms with Crippen LogP contribution in [-0.4, -0.2) is 0 Å². The molecule has 0 heterocycles. The van der Waals surface area contributed by atoms with E-state index in [0.717, 1.165) is 17.0 Å². The van der Waals surface area contributed by atoms with Crippen LogP contribution in [0, 0.1) is 0 Å². The first-order chi connectivity index (χ1) is 8.22. The topological polar surface area (TPSA) is 12.0 Å². The van der Waals surface area contributed by atoms with Crippen LogP contribution in [0.2, 0.25) is 0 Å². The molecule has 0 saturated heterocycles. The van der Waals surface area contributed by atoms with Crippen molar-refractivity contribution in [2.24, 2.45) is 0 Å². The monoisotopic (exact) mass is 229 g/mol. The summed E-state index contributed by atoms with van der Waals surface area (Å²) >= 11 is 0. The van der Waals surface area contributed by atoms with Crippen molar-refractivity contribution in [3.8, 4) is 0 Å². The molecule has 1 aromatic rings. The van der Waals surface area contributed by atoms with Gasteiger partial charge in [0.2, 0.25) is 0 Å². The Morgan fingerprint density at radius 1 is 1.18 bits per heavy atom. The number of anilines is 1. The molecule has 0 atom stereocenters. The Morgan fingerprint density at radius 2 is 1.76 bits per heavy atom. The van der Waals surface area contributed by atoms with Gasteiger partial charge in [0, 0.05) is 11.4 Å². The quantitative estimate of drug-likeness (QED) is 0.703. The van der Waals surface area contributed by atoms with E-state index >= 15 is 0 Å². The number of allylic oxidation sites excluding steroid dienone is 4. The molecule has 1 heteroatoms. The van der Waals surface area contributed by atoms with Crippen LogP contribution in [0.4, 0.5) is 5.69 Å². The van der Waals surface area contributed by atoms with Gasteiger partial charge in [-0.05, 0) is 38.1 Å². The van der Waals surface area contributed by atoms with Crippen molar-refractivity contribution in [1.29, 1.82) is 0 Å². The Kier molecular flexibility index (Phi) is 8.48. The Bertz CT molecular complexity index is 372. The predicted molar refractivity (Wildman–Crippen MR) is 79.1 cm³/mol. The van der Waals surface area contributed by atoms with Gasteiger partial charge in [-0.3, -0.25) is 0 Å². The maximum atomic E-state index is 3.87. The van der Waals surface area contributed by atoms with Crippen molar-refractivity contribution >= 4 is 5.69 Å². The highest BCUT2D eigenvalue weighted by Gasteiger charge is 1.92. The molecule has 1 aromatic carbocycles. The van der Waals surface area contributed by atoms with E-state index < -0.39 is 0 Å². The lowest BCUT2D eigenvalue weighted by atomic mass is 10.2. The van der Waals surface area contributed by atoms with Crippen molar-refractivity contribution in [2.45, 2.75) is 27.7 Å². The lowest BCUT2D eigenvalue weighted by Gasteiger charge is -2.07. The first-order valence-corrected chi connectivity index (χ1v) is 6.04. The molecule has 1 N–H and O–H groups in total. The highest BCUT2D eigenvalue weighted by molar-refractivity contribution is 5.51. The summed E-state index contributed by atoms with van der Waals surface area (Å²) in [6.45, 7) is 11.8. The van der Waals surface area contributed by atoms with Gasteiger partial charge in [-0.2, -0.15) is 0 Å². The van der Waals surface area contributed by atoms with Crippen LogP contribution in [0.15, 0.2) is 66.4 Å². The van der Waals surface area contributed by atoms with Crippen LogP contribution in [0.3, 0.4) is 0 Å². The van der Waals surface area contributed by atoms with Gasteiger partial charge in [0.25, 0.3) is 0 Å². The summed E-state index contributed by atoms with van der Waals surface area (Å²) in [6.07, 6.45) is 6.05. The van der Waals surface area contributed by atoms with E-state index in [-0.39, 0.29) is 0 Å². The highest BCUT2D eigenvalue weighted by Crippen LogP contribution is 2.11. The fraction of sp³-hybridized carbons (Fsp3) is 0.250. The van der Waals surface area contributed by atoms with E-state index in [2.05, 4.69) is 11.9 Å². The second-order valence-corrected chi connectivity index (χ2v) is 3.44. The first kappa shape index (κ1) is 15.2. The molecule has 17 heavy (non-hydrogen) atoms. The van der Waals surface area contributed by atoms with E-state index in [9.17, 15) is 0 Å². The maximum absolute atomic E-state index is 3.87. The number of hydrogen-bond donors (Lipinski definition) is 1. The molecule has 0 aromatic heterocycles. The van der Waals surface area contributed by atoms with Crippen LogP contribution in [0.25, 0.3) is 0 Å². The molecule has 92 valence electrons. The van der Waals surface area contributed by atoms with E-state index in [1.54, 1.807) is 0 Å². The lowest BCUT2D eigenvalue weighted by molar-refractivity contribution is 1.42. The van der Waals surface area contributed by atoms with E-state index in [1.165, 1.54) is 0 Å². The molecule has 0 unspecified atom stereocenters. The van der Waals surface area contributed by atoms with Gasteiger partial charge in [-0.15, -0.1) is 0 Å². The fourth-order valence-electron chi connectivity index (χ4n) is 1.26. The van der Waals surface area contributed by atoms with Crippen LogP contribution < -0.4 is 5.32 Å². The number of hydrogen-bond acceptors (Lipinski definition) is 1. The normalized spacial score (nSPS) is 10.7. The van der Waals surface area contributed by atoms with Crippen molar-refractivity contribution in [2.75, 3.05) is 5.32 Å². The Balaban J connectivity index is 0.00000121. The molecular weight excluding hydrogens is 206 g/mol. The summed E-state index contributed by atoms with van der Waals surface area (Å²) in [5, 5.41) is 3.32. The van der Waals surface area contributed by atoms with E-state index in [0.29, 0.717) is 0 Å². The van der Waals surface area contributed by atoms with Gasteiger partial charge in [-0.1, -0.05) is 50.3 Å². The molecule has 1 rings (SSSR count). The predicted octanol–water partition coefficient (Wildman–Crippen LogP) is 5.16. The molecule has 1 nitrogen and oxygen atoms in total. The summed E-state index contributed by atoms with van der Waals surface area (Å²) in [4.78, 5) is 0. The largest absolute Gasteiger partial charge is 0.356 e. The average Bonchev–Trinajstić information content (AvgIpc) is 2.32. The minimum absolute atomic E-state index is 1.03. The number of rotatable bonds is 4. The summed E-state index contributed by atoms with van der Waals surface area (Å²) < 4.78 is 0. The van der Waals surface area contributed by atoms with Crippen molar-refractivity contribution in [1.82, 2.24) is 0 Å². The Labute approximate surface area is 106 Å². The van der Waals surface area contributed by atoms with Crippen molar-refractivity contribution in [3.05, 3.63) is 66.4 Å². The molecule has 0 radical (unpaired) electrons. The third-order valence-electron chi connectivity index (χ3n) is 1.81. The van der Waals surface area contributed by atoms with Crippen molar-refractivity contribution in [3.63, 3.8) is 0 Å². The molecule has 0 bridgehead atoms. The molecule has 0 spiro atoms. The molecular formula is C16H23N. The molecule has 0 aliphatic rings. The minimum atomic E-state index is 1.03. The smallest absolute Gasteiger partial charge is 0.0384 e. The van der Waals surface area contributed by atoms with Gasteiger partial charge in [-0.25, -0.2) is 0 Å². The molecule has 0 saturated carbocycles. The van der Waals surface area contributed by atoms with Crippen LogP contribution in [0.5, 0.6) is 0 Å². The summed E-state index contributed by atoms with van der Waals surface area (Å²) in [5.41, 5.74) is 3.17. The summed E-state index contributed by atoms with van der Waals surface area (Å²) in [5.74, 6) is 0. The van der Waals surface area contributed by atoms with Crippen LogP contribution in [0.1, 0.15) is 27.7 Å². The van der Waals surface area contributed by atoms with Crippen molar-refractivity contribution < 1.29 is 0 Å². The average molecular weight is 229 g/mol. The molecule has 0 amide bonds. The third kappa shape index (κ3) is 7.18. The van der Waals surface area contributed by atoms with Crippen LogP contribution in [-0.2, 0) is 0 Å².